The van der Waals surface area contributed by atoms with Crippen molar-refractivity contribution < 1.29 is 17.9 Å². The normalized spacial score (nSPS) is 11.9. The van der Waals surface area contributed by atoms with Gasteiger partial charge in [0, 0.05) is 29.4 Å². The molecule has 0 fully saturated rings. The van der Waals surface area contributed by atoms with Crippen LogP contribution in [0.2, 0.25) is 0 Å². The van der Waals surface area contributed by atoms with Crippen LogP contribution in [-0.2, 0) is 19.5 Å². The molecule has 0 aliphatic carbocycles. The lowest BCUT2D eigenvalue weighted by atomic mass is 10.0. The molecule has 1 N–H and O–H groups in total. The molecule has 9 heteroatoms. The van der Waals surface area contributed by atoms with Crippen LogP contribution >= 0.6 is 0 Å². The molecular formula is C29H28F3N3O3. The highest BCUT2D eigenvalue weighted by Crippen LogP contribution is 2.29. The van der Waals surface area contributed by atoms with Gasteiger partial charge in [0.05, 0.1) is 19.2 Å². The average Bonchev–Trinajstić information content (AvgIpc) is 2.91. The summed E-state index contributed by atoms with van der Waals surface area (Å²) in [4.78, 5) is 27.4. The van der Waals surface area contributed by atoms with Crippen LogP contribution in [0.1, 0.15) is 16.8 Å². The van der Waals surface area contributed by atoms with Crippen LogP contribution in [0.15, 0.2) is 76.3 Å². The molecule has 3 aromatic carbocycles. The molecule has 1 atom stereocenters. The third-order valence-electron chi connectivity index (χ3n) is 6.65. The summed E-state index contributed by atoms with van der Waals surface area (Å²) in [6.07, 6.45) is 0.502. The Morgan fingerprint density at radius 3 is 2.18 bits per heavy atom. The fourth-order valence-electron chi connectivity index (χ4n) is 4.54. The van der Waals surface area contributed by atoms with E-state index >= 15 is 4.39 Å². The molecule has 38 heavy (non-hydrogen) atoms. The van der Waals surface area contributed by atoms with E-state index in [-0.39, 0.29) is 40.7 Å². The zero-order valence-electron chi connectivity index (χ0n) is 21.3. The smallest absolute Gasteiger partial charge is 0.331 e. The number of aromatic nitrogens is 2. The summed E-state index contributed by atoms with van der Waals surface area (Å²) in [5, 5.41) is 3.12. The van der Waals surface area contributed by atoms with E-state index in [1.807, 2.05) is 30.3 Å². The van der Waals surface area contributed by atoms with E-state index in [1.54, 1.807) is 7.05 Å². The maximum absolute atomic E-state index is 15.4. The summed E-state index contributed by atoms with van der Waals surface area (Å²) in [7, 11) is 3.01. The highest BCUT2D eigenvalue weighted by atomic mass is 19.1. The van der Waals surface area contributed by atoms with E-state index in [1.165, 1.54) is 38.3 Å². The van der Waals surface area contributed by atoms with Crippen molar-refractivity contribution in [2.75, 3.05) is 14.2 Å². The van der Waals surface area contributed by atoms with Crippen LogP contribution in [0.25, 0.3) is 11.1 Å². The molecule has 0 radical (unpaired) electrons. The molecule has 4 aromatic rings. The van der Waals surface area contributed by atoms with E-state index in [4.69, 9.17) is 4.74 Å². The highest BCUT2D eigenvalue weighted by molar-refractivity contribution is 5.67. The van der Waals surface area contributed by atoms with Gasteiger partial charge in [0.1, 0.15) is 11.6 Å². The SMILES string of the molecule is CN[C@H](Cc1ccccc1)Cn1c(=O)c(-c2cccc(OC)c2F)c(C)n(Cc2c(F)cccc2F)c1=O. The number of methoxy groups -OCH3 is 1. The number of halogens is 3. The second kappa shape index (κ2) is 11.5. The monoisotopic (exact) mass is 523 g/mol. The molecule has 1 aromatic heterocycles. The fraction of sp³-hybridized carbons (Fsp3) is 0.241. The summed E-state index contributed by atoms with van der Waals surface area (Å²) in [5.74, 6) is -2.53. The first-order chi connectivity index (χ1) is 18.3. The van der Waals surface area contributed by atoms with Crippen molar-refractivity contribution in [3.63, 3.8) is 0 Å². The van der Waals surface area contributed by atoms with Crippen molar-refractivity contribution in [1.29, 1.82) is 0 Å². The van der Waals surface area contributed by atoms with Crippen molar-refractivity contribution in [2.45, 2.75) is 32.5 Å². The number of nitrogens with one attached hydrogen (secondary N) is 1. The minimum Gasteiger partial charge on any atom is -0.494 e. The lowest BCUT2D eigenvalue weighted by Gasteiger charge is -2.22. The van der Waals surface area contributed by atoms with Gasteiger partial charge in [-0.3, -0.25) is 13.9 Å². The van der Waals surface area contributed by atoms with Crippen molar-refractivity contribution in [2.24, 2.45) is 0 Å². The van der Waals surface area contributed by atoms with E-state index in [0.29, 0.717) is 6.42 Å². The summed E-state index contributed by atoms with van der Waals surface area (Å²) >= 11 is 0. The number of benzene rings is 3. The van der Waals surface area contributed by atoms with Crippen LogP contribution in [0.5, 0.6) is 5.75 Å². The highest BCUT2D eigenvalue weighted by Gasteiger charge is 2.24. The number of likely N-dealkylation sites (N-methyl/N-ethyl adjacent to an activating group) is 1. The first kappa shape index (κ1) is 26.9. The third kappa shape index (κ3) is 5.28. The molecule has 0 saturated heterocycles. The van der Waals surface area contributed by atoms with E-state index < -0.39 is 35.2 Å². The quantitative estimate of drug-likeness (QED) is 0.356. The van der Waals surface area contributed by atoms with Gasteiger partial charge in [-0.05, 0) is 44.2 Å². The van der Waals surface area contributed by atoms with Crippen LogP contribution in [0.3, 0.4) is 0 Å². The molecule has 0 aliphatic rings. The van der Waals surface area contributed by atoms with Gasteiger partial charge >= 0.3 is 5.69 Å². The molecule has 0 spiro atoms. The fourth-order valence-corrected chi connectivity index (χ4v) is 4.54. The Bertz CT molecular complexity index is 1550. The summed E-state index contributed by atoms with van der Waals surface area (Å²) in [5.41, 5.74) is -0.905. The molecule has 0 unspecified atom stereocenters. The van der Waals surface area contributed by atoms with Gasteiger partial charge in [-0.2, -0.15) is 0 Å². The predicted octanol–water partition coefficient (Wildman–Crippen LogP) is 4.29. The topological polar surface area (TPSA) is 65.3 Å². The Kier molecular flexibility index (Phi) is 8.16. The molecule has 0 amide bonds. The molecule has 0 aliphatic heterocycles. The van der Waals surface area contributed by atoms with Crippen LogP contribution in [0, 0.1) is 24.4 Å². The Morgan fingerprint density at radius 2 is 1.55 bits per heavy atom. The van der Waals surface area contributed by atoms with E-state index in [9.17, 15) is 18.4 Å². The Balaban J connectivity index is 1.93. The number of ether oxygens (including phenoxy) is 1. The van der Waals surface area contributed by atoms with Gasteiger partial charge in [0.2, 0.25) is 0 Å². The van der Waals surface area contributed by atoms with Gasteiger partial charge < -0.3 is 10.1 Å². The molecule has 1 heterocycles. The standard InChI is InChI=1S/C29H28F3N3O3/c1-18-26(21-11-7-14-25(38-3)27(21)32)28(36)35(16-20(33-2)15-19-9-5-4-6-10-19)29(37)34(18)17-22-23(30)12-8-13-24(22)31/h4-14,20,33H,15-17H2,1-3H3/t20-/m1/s1. The zero-order chi connectivity index (χ0) is 27.4. The van der Waals surface area contributed by atoms with E-state index in [0.717, 1.165) is 26.8 Å². The Labute approximate surface area is 217 Å². The maximum atomic E-state index is 15.4. The van der Waals surface area contributed by atoms with Crippen molar-refractivity contribution in [3.05, 3.63) is 122 Å². The number of hydrogen-bond acceptors (Lipinski definition) is 4. The van der Waals surface area contributed by atoms with Crippen molar-refractivity contribution in [1.82, 2.24) is 14.5 Å². The lowest BCUT2D eigenvalue weighted by Crippen LogP contribution is -2.47. The minimum atomic E-state index is -0.833. The number of hydrogen-bond donors (Lipinski definition) is 1. The molecule has 0 saturated carbocycles. The van der Waals surface area contributed by atoms with Crippen LogP contribution in [0.4, 0.5) is 13.2 Å². The van der Waals surface area contributed by atoms with Gasteiger partial charge in [-0.25, -0.2) is 18.0 Å². The maximum Gasteiger partial charge on any atom is 0.331 e. The first-order valence-corrected chi connectivity index (χ1v) is 12.1. The van der Waals surface area contributed by atoms with Crippen LogP contribution < -0.4 is 21.3 Å². The zero-order valence-corrected chi connectivity index (χ0v) is 21.3. The summed E-state index contributed by atoms with van der Waals surface area (Å²) in [6.45, 7) is 0.923. The second-order valence-electron chi connectivity index (χ2n) is 8.94. The molecule has 6 nitrogen and oxygen atoms in total. The van der Waals surface area contributed by atoms with E-state index in [2.05, 4.69) is 5.32 Å². The van der Waals surface area contributed by atoms with Gasteiger partial charge in [0.15, 0.2) is 11.6 Å². The van der Waals surface area contributed by atoms with Gasteiger partial charge in [0.25, 0.3) is 5.56 Å². The molecule has 0 bridgehead atoms. The Morgan fingerprint density at radius 1 is 0.895 bits per heavy atom. The third-order valence-corrected chi connectivity index (χ3v) is 6.65. The predicted molar refractivity (Wildman–Crippen MR) is 140 cm³/mol. The van der Waals surface area contributed by atoms with Gasteiger partial charge in [-0.1, -0.05) is 48.5 Å². The summed E-state index contributed by atoms with van der Waals surface area (Å²) in [6, 6.07) is 16.9. The average molecular weight is 524 g/mol. The van der Waals surface area contributed by atoms with Crippen molar-refractivity contribution >= 4 is 0 Å². The number of nitrogens with zero attached hydrogens (tertiary/aromatic N) is 2. The van der Waals surface area contributed by atoms with Crippen molar-refractivity contribution in [3.8, 4) is 16.9 Å². The van der Waals surface area contributed by atoms with Gasteiger partial charge in [-0.15, -0.1) is 0 Å². The molecular weight excluding hydrogens is 495 g/mol. The van der Waals surface area contributed by atoms with Crippen LogP contribution in [-0.4, -0.2) is 29.3 Å². The largest absolute Gasteiger partial charge is 0.494 e. The second-order valence-corrected chi connectivity index (χ2v) is 8.94. The number of rotatable bonds is 9. The lowest BCUT2D eigenvalue weighted by molar-refractivity contribution is 0.387. The first-order valence-electron chi connectivity index (χ1n) is 12.1. The molecule has 4 rings (SSSR count). The summed E-state index contributed by atoms with van der Waals surface area (Å²) < 4.78 is 51.7. The molecule has 198 valence electrons. The Hall–Kier alpha value is -4.11. The minimum absolute atomic E-state index is 0.0539.